The van der Waals surface area contributed by atoms with E-state index in [0.29, 0.717) is 18.7 Å². The van der Waals surface area contributed by atoms with Crippen molar-refractivity contribution in [2.24, 2.45) is 0 Å². The van der Waals surface area contributed by atoms with Crippen LogP contribution in [0.15, 0.2) is 78.9 Å². The summed E-state index contributed by atoms with van der Waals surface area (Å²) in [6.45, 7) is 3.08. The molecule has 1 saturated heterocycles. The lowest BCUT2D eigenvalue weighted by molar-refractivity contribution is 0.0595. The molecule has 0 N–H and O–H groups in total. The van der Waals surface area contributed by atoms with Crippen LogP contribution in [0.2, 0.25) is 0 Å². The number of benzene rings is 3. The van der Waals surface area contributed by atoms with E-state index in [1.54, 1.807) is 17.0 Å². The second kappa shape index (κ2) is 11.1. The molecule has 0 radical (unpaired) electrons. The Bertz CT molecular complexity index is 1050. The van der Waals surface area contributed by atoms with Gasteiger partial charge in [-0.2, -0.15) is 0 Å². The maximum atomic E-state index is 13.4. The van der Waals surface area contributed by atoms with Gasteiger partial charge in [0.15, 0.2) is 0 Å². The van der Waals surface area contributed by atoms with Crippen molar-refractivity contribution in [3.8, 4) is 5.75 Å². The number of rotatable bonds is 8. The lowest BCUT2D eigenvalue weighted by Crippen LogP contribution is -2.41. The predicted octanol–water partition coefficient (Wildman–Crippen LogP) is 5.18. The largest absolute Gasteiger partial charge is 0.490 e. The van der Waals surface area contributed by atoms with Crippen molar-refractivity contribution in [1.29, 1.82) is 0 Å². The van der Waals surface area contributed by atoms with E-state index in [9.17, 15) is 9.18 Å². The summed E-state index contributed by atoms with van der Waals surface area (Å²) >= 11 is 0. The molecule has 0 atom stereocenters. The third-order valence-corrected chi connectivity index (χ3v) is 6.08. The molecule has 1 heterocycles. The number of likely N-dealkylation sites (N-methyl/N-ethyl adjacent to an activating group) is 1. The average Bonchev–Trinajstić information content (AvgIpc) is 2.84. The standard InChI is InChI=1S/C28H31FN2O2/c1-30(16-13-22-7-3-2-4-8-22)21-23-9-5-12-27(19-23)33-26-14-17-31(18-15-26)28(32)24-10-6-11-25(29)20-24/h2-12,19-20,26H,13-18,21H2,1H3. The van der Waals surface area contributed by atoms with E-state index in [1.807, 2.05) is 18.2 Å². The van der Waals surface area contributed by atoms with Crippen LogP contribution in [-0.2, 0) is 13.0 Å². The molecule has 33 heavy (non-hydrogen) atoms. The van der Waals surface area contributed by atoms with Crippen molar-refractivity contribution in [2.45, 2.75) is 31.9 Å². The summed E-state index contributed by atoms with van der Waals surface area (Å²) in [7, 11) is 2.14. The maximum Gasteiger partial charge on any atom is 0.253 e. The topological polar surface area (TPSA) is 32.8 Å². The van der Waals surface area contributed by atoms with Crippen LogP contribution in [0.3, 0.4) is 0 Å². The van der Waals surface area contributed by atoms with Crippen molar-refractivity contribution in [2.75, 3.05) is 26.7 Å². The van der Waals surface area contributed by atoms with Crippen LogP contribution >= 0.6 is 0 Å². The highest BCUT2D eigenvalue weighted by atomic mass is 19.1. The van der Waals surface area contributed by atoms with E-state index in [2.05, 4.69) is 48.3 Å². The van der Waals surface area contributed by atoms with Gasteiger partial charge in [0.25, 0.3) is 5.91 Å². The molecule has 172 valence electrons. The Balaban J connectivity index is 1.25. The minimum absolute atomic E-state index is 0.0765. The van der Waals surface area contributed by atoms with Crippen molar-refractivity contribution in [1.82, 2.24) is 9.80 Å². The summed E-state index contributed by atoms with van der Waals surface area (Å²) in [6.07, 6.45) is 2.64. The summed E-state index contributed by atoms with van der Waals surface area (Å²) in [5.41, 5.74) is 2.98. The molecule has 4 rings (SSSR count). The molecule has 0 aliphatic carbocycles. The van der Waals surface area contributed by atoms with Gasteiger partial charge in [0.05, 0.1) is 0 Å². The number of halogens is 1. The van der Waals surface area contributed by atoms with Crippen LogP contribution in [0.5, 0.6) is 5.75 Å². The molecule has 0 unspecified atom stereocenters. The third-order valence-electron chi connectivity index (χ3n) is 6.08. The first kappa shape index (κ1) is 23.0. The summed E-state index contributed by atoms with van der Waals surface area (Å²) in [5.74, 6) is 0.372. The van der Waals surface area contributed by atoms with Crippen LogP contribution in [0.1, 0.15) is 34.3 Å². The highest BCUT2D eigenvalue weighted by Crippen LogP contribution is 2.22. The fourth-order valence-corrected chi connectivity index (χ4v) is 4.25. The Morgan fingerprint density at radius 1 is 0.970 bits per heavy atom. The Morgan fingerprint density at radius 2 is 1.70 bits per heavy atom. The van der Waals surface area contributed by atoms with E-state index in [0.717, 1.165) is 38.1 Å². The lowest BCUT2D eigenvalue weighted by atomic mass is 10.1. The first-order valence-corrected chi connectivity index (χ1v) is 11.6. The van der Waals surface area contributed by atoms with Gasteiger partial charge >= 0.3 is 0 Å². The summed E-state index contributed by atoms with van der Waals surface area (Å²) < 4.78 is 19.7. The Kier molecular flexibility index (Phi) is 7.74. The van der Waals surface area contributed by atoms with Gasteiger partial charge in [-0.05, 0) is 54.9 Å². The smallest absolute Gasteiger partial charge is 0.253 e. The van der Waals surface area contributed by atoms with E-state index in [4.69, 9.17) is 4.74 Å². The first-order chi connectivity index (χ1) is 16.1. The molecule has 4 nitrogen and oxygen atoms in total. The number of likely N-dealkylation sites (tertiary alicyclic amines) is 1. The maximum absolute atomic E-state index is 13.4. The molecule has 5 heteroatoms. The fourth-order valence-electron chi connectivity index (χ4n) is 4.25. The van der Waals surface area contributed by atoms with Gasteiger partial charge in [-0.1, -0.05) is 48.5 Å². The Hall–Kier alpha value is -3.18. The number of piperidine rings is 1. The molecular formula is C28H31FN2O2. The Morgan fingerprint density at radius 3 is 2.45 bits per heavy atom. The number of amides is 1. The molecule has 0 aromatic heterocycles. The van der Waals surface area contributed by atoms with Crippen LogP contribution in [-0.4, -0.2) is 48.5 Å². The van der Waals surface area contributed by atoms with Crippen LogP contribution in [0, 0.1) is 5.82 Å². The van der Waals surface area contributed by atoms with Gasteiger partial charge in [0.1, 0.15) is 17.7 Å². The molecule has 3 aromatic rings. The number of hydrogen-bond donors (Lipinski definition) is 0. The zero-order valence-corrected chi connectivity index (χ0v) is 19.1. The minimum Gasteiger partial charge on any atom is -0.490 e. The monoisotopic (exact) mass is 446 g/mol. The normalized spacial score (nSPS) is 14.5. The minimum atomic E-state index is -0.385. The van der Waals surface area contributed by atoms with Gasteiger partial charge in [0.2, 0.25) is 0 Å². The molecule has 1 amide bonds. The zero-order chi connectivity index (χ0) is 23.0. The fraction of sp³-hybridized carbons (Fsp3) is 0.321. The molecule has 0 spiro atoms. The zero-order valence-electron chi connectivity index (χ0n) is 19.1. The number of ether oxygens (including phenoxy) is 1. The van der Waals surface area contributed by atoms with Crippen molar-refractivity contribution >= 4 is 5.91 Å². The first-order valence-electron chi connectivity index (χ1n) is 11.6. The van der Waals surface area contributed by atoms with Crippen LogP contribution in [0.25, 0.3) is 0 Å². The molecule has 0 bridgehead atoms. The van der Waals surface area contributed by atoms with Gasteiger partial charge in [-0.15, -0.1) is 0 Å². The number of carbonyl (C=O) groups is 1. The lowest BCUT2D eigenvalue weighted by Gasteiger charge is -2.32. The van der Waals surface area contributed by atoms with Crippen LogP contribution in [0.4, 0.5) is 4.39 Å². The predicted molar refractivity (Wildman–Crippen MR) is 129 cm³/mol. The van der Waals surface area contributed by atoms with E-state index >= 15 is 0 Å². The third kappa shape index (κ3) is 6.65. The molecule has 3 aromatic carbocycles. The van der Waals surface area contributed by atoms with Crippen molar-refractivity contribution < 1.29 is 13.9 Å². The second-order valence-corrected chi connectivity index (χ2v) is 8.74. The van der Waals surface area contributed by atoms with E-state index in [-0.39, 0.29) is 17.8 Å². The van der Waals surface area contributed by atoms with E-state index < -0.39 is 0 Å². The molecular weight excluding hydrogens is 415 g/mol. The summed E-state index contributed by atoms with van der Waals surface area (Å²) in [6, 6.07) is 24.7. The van der Waals surface area contributed by atoms with Gasteiger partial charge < -0.3 is 14.5 Å². The molecule has 0 saturated carbocycles. The van der Waals surface area contributed by atoms with E-state index in [1.165, 1.54) is 23.3 Å². The summed E-state index contributed by atoms with van der Waals surface area (Å²) in [5, 5.41) is 0. The quantitative estimate of drug-likeness (QED) is 0.478. The molecule has 1 aliphatic rings. The highest BCUT2D eigenvalue weighted by Gasteiger charge is 2.25. The van der Waals surface area contributed by atoms with Crippen molar-refractivity contribution in [3.05, 3.63) is 101 Å². The van der Waals surface area contributed by atoms with Gasteiger partial charge in [-0.25, -0.2) is 4.39 Å². The molecule has 1 aliphatic heterocycles. The van der Waals surface area contributed by atoms with Crippen LogP contribution < -0.4 is 4.74 Å². The van der Waals surface area contributed by atoms with Gasteiger partial charge in [0, 0.05) is 44.6 Å². The summed E-state index contributed by atoms with van der Waals surface area (Å²) in [4.78, 5) is 16.7. The number of carbonyl (C=O) groups excluding carboxylic acids is 1. The molecule has 1 fully saturated rings. The SMILES string of the molecule is CN(CCc1ccccc1)Cc1cccc(OC2CCN(C(=O)c3cccc(F)c3)CC2)c1. The Labute approximate surface area is 195 Å². The number of nitrogens with zero attached hydrogens (tertiary/aromatic N) is 2. The highest BCUT2D eigenvalue weighted by molar-refractivity contribution is 5.94. The van der Waals surface area contributed by atoms with Crippen molar-refractivity contribution in [3.63, 3.8) is 0 Å². The second-order valence-electron chi connectivity index (χ2n) is 8.74. The average molecular weight is 447 g/mol. The number of hydrogen-bond acceptors (Lipinski definition) is 3. The van der Waals surface area contributed by atoms with Gasteiger partial charge in [-0.3, -0.25) is 4.79 Å².